The number of halogens is 4. The van der Waals surface area contributed by atoms with Crippen LogP contribution in [0.5, 0.6) is 0 Å². The van der Waals surface area contributed by atoms with Crippen LogP contribution in [-0.4, -0.2) is 42.2 Å². The zero-order chi connectivity index (χ0) is 24.6. The molecule has 0 bridgehead atoms. The van der Waals surface area contributed by atoms with E-state index in [1.54, 1.807) is 42.5 Å². The number of nitrogens with zero attached hydrogens (tertiary/aromatic N) is 3. The number of thioether (sulfide) groups is 1. The summed E-state index contributed by atoms with van der Waals surface area (Å²) in [5.74, 6) is -0.0291. The molecule has 2 aliphatic heterocycles. The lowest BCUT2D eigenvalue weighted by Crippen LogP contribution is -2.47. The van der Waals surface area contributed by atoms with Crippen LogP contribution in [0.2, 0.25) is 0 Å². The molecular formula is C25H19F4N3O2S. The Labute approximate surface area is 202 Å². The number of carbonyl (C=O) groups excluding carboxylic acids is 1. The summed E-state index contributed by atoms with van der Waals surface area (Å²) < 4.78 is 58.8. The van der Waals surface area contributed by atoms with E-state index in [0.717, 1.165) is 12.1 Å². The molecule has 10 heteroatoms. The van der Waals surface area contributed by atoms with Crippen LogP contribution < -0.4 is 4.90 Å². The van der Waals surface area contributed by atoms with E-state index in [1.807, 2.05) is 9.80 Å². The Morgan fingerprint density at radius 2 is 1.69 bits per heavy atom. The minimum absolute atomic E-state index is 0.332. The molecule has 1 fully saturated rings. The molecule has 5 rings (SSSR count). The minimum atomic E-state index is -4.39. The lowest BCUT2D eigenvalue weighted by Gasteiger charge is -2.36. The summed E-state index contributed by atoms with van der Waals surface area (Å²) in [6, 6.07) is 14.8. The maximum atomic E-state index is 14.0. The van der Waals surface area contributed by atoms with Gasteiger partial charge in [-0.2, -0.15) is 18.2 Å². The molecule has 0 atom stereocenters. The van der Waals surface area contributed by atoms with Gasteiger partial charge >= 0.3 is 6.18 Å². The maximum Gasteiger partial charge on any atom is 0.416 e. The van der Waals surface area contributed by atoms with E-state index in [1.165, 1.54) is 23.9 Å². The first-order valence-corrected chi connectivity index (χ1v) is 11.6. The first kappa shape index (κ1) is 23.2. The fourth-order valence-electron chi connectivity index (χ4n) is 3.93. The van der Waals surface area contributed by atoms with Crippen LogP contribution in [0.3, 0.4) is 0 Å². The fraction of sp³-hybridized carbons (Fsp3) is 0.200. The van der Waals surface area contributed by atoms with Crippen molar-refractivity contribution >= 4 is 34.6 Å². The van der Waals surface area contributed by atoms with E-state index in [-0.39, 0.29) is 0 Å². The van der Waals surface area contributed by atoms with Crippen molar-refractivity contribution in [3.63, 3.8) is 0 Å². The molecule has 0 spiro atoms. The zero-order valence-corrected chi connectivity index (χ0v) is 19.1. The number of amides is 1. The number of amidine groups is 1. The highest BCUT2D eigenvalue weighted by Crippen LogP contribution is 2.34. The van der Waals surface area contributed by atoms with Crippen molar-refractivity contribution in [2.75, 3.05) is 31.1 Å². The maximum absolute atomic E-state index is 14.0. The average molecular weight is 502 g/mol. The number of piperazine rings is 1. The van der Waals surface area contributed by atoms with Crippen molar-refractivity contribution in [2.24, 2.45) is 4.99 Å². The summed E-state index contributed by atoms with van der Waals surface area (Å²) in [5.41, 5.74) is 0.170. The van der Waals surface area contributed by atoms with E-state index in [4.69, 9.17) is 4.42 Å². The van der Waals surface area contributed by atoms with E-state index < -0.39 is 23.5 Å². The Morgan fingerprint density at radius 3 is 2.43 bits per heavy atom. The number of alkyl halides is 3. The molecule has 5 nitrogen and oxygen atoms in total. The van der Waals surface area contributed by atoms with Gasteiger partial charge in [0.1, 0.15) is 17.3 Å². The van der Waals surface area contributed by atoms with Gasteiger partial charge in [-0.3, -0.25) is 4.79 Å². The SMILES string of the molecule is O=C1N=C(N2CCN(c3cccc(C(F)(F)F)c3)CC2)S/C1=C\c1ccc(-c2ccccc2F)o1. The van der Waals surface area contributed by atoms with Crippen molar-refractivity contribution in [3.05, 3.63) is 82.7 Å². The van der Waals surface area contributed by atoms with Gasteiger partial charge in [-0.15, -0.1) is 0 Å². The monoisotopic (exact) mass is 501 g/mol. The highest BCUT2D eigenvalue weighted by molar-refractivity contribution is 8.18. The molecule has 0 unspecified atom stereocenters. The molecule has 180 valence electrons. The summed E-state index contributed by atoms with van der Waals surface area (Å²) in [5, 5.41) is 0.547. The zero-order valence-electron chi connectivity index (χ0n) is 18.3. The van der Waals surface area contributed by atoms with Gasteiger partial charge in [0.25, 0.3) is 5.91 Å². The minimum Gasteiger partial charge on any atom is -0.457 e. The van der Waals surface area contributed by atoms with Crippen molar-refractivity contribution in [2.45, 2.75) is 6.18 Å². The van der Waals surface area contributed by atoms with E-state index in [9.17, 15) is 22.4 Å². The number of anilines is 1. The predicted octanol–water partition coefficient (Wildman–Crippen LogP) is 5.90. The number of hydrogen-bond donors (Lipinski definition) is 0. The van der Waals surface area contributed by atoms with Gasteiger partial charge in [-0.1, -0.05) is 18.2 Å². The molecule has 0 radical (unpaired) electrons. The van der Waals surface area contributed by atoms with Crippen molar-refractivity contribution in [1.82, 2.24) is 4.90 Å². The molecule has 0 N–H and O–H groups in total. The Kier molecular flexibility index (Phi) is 6.14. The lowest BCUT2D eigenvalue weighted by molar-refractivity contribution is -0.137. The molecule has 2 aromatic carbocycles. The van der Waals surface area contributed by atoms with Crippen LogP contribution in [0.25, 0.3) is 17.4 Å². The third kappa shape index (κ3) is 4.97. The van der Waals surface area contributed by atoms with Gasteiger partial charge in [0.2, 0.25) is 0 Å². The summed E-state index contributed by atoms with van der Waals surface area (Å²) >= 11 is 1.22. The van der Waals surface area contributed by atoms with Gasteiger partial charge in [-0.05, 0) is 54.2 Å². The van der Waals surface area contributed by atoms with Crippen LogP contribution >= 0.6 is 11.8 Å². The molecule has 0 saturated carbocycles. The molecule has 1 aromatic heterocycles. The molecule has 35 heavy (non-hydrogen) atoms. The second-order valence-electron chi connectivity index (χ2n) is 8.01. The third-order valence-corrected chi connectivity index (χ3v) is 6.78. The third-order valence-electron chi connectivity index (χ3n) is 5.74. The Bertz CT molecular complexity index is 1320. The molecule has 3 heterocycles. The first-order valence-electron chi connectivity index (χ1n) is 10.8. The molecule has 2 aliphatic rings. The summed E-state index contributed by atoms with van der Waals surface area (Å²) in [6.07, 6.45) is -2.81. The van der Waals surface area contributed by atoms with Crippen LogP contribution in [0.1, 0.15) is 11.3 Å². The van der Waals surface area contributed by atoms with E-state index in [2.05, 4.69) is 4.99 Å². The molecule has 0 aliphatic carbocycles. The van der Waals surface area contributed by atoms with E-state index >= 15 is 0 Å². The van der Waals surface area contributed by atoms with Crippen LogP contribution in [-0.2, 0) is 11.0 Å². The van der Waals surface area contributed by atoms with Crippen LogP contribution in [0, 0.1) is 5.82 Å². The summed E-state index contributed by atoms with van der Waals surface area (Å²) in [6.45, 7) is 2.03. The number of benzene rings is 2. The van der Waals surface area contributed by atoms with Gasteiger partial charge < -0.3 is 14.2 Å². The summed E-state index contributed by atoms with van der Waals surface area (Å²) in [4.78, 5) is 20.8. The molecule has 1 saturated heterocycles. The average Bonchev–Trinajstić information content (AvgIpc) is 3.46. The Morgan fingerprint density at radius 1 is 0.943 bits per heavy atom. The second kappa shape index (κ2) is 9.26. The van der Waals surface area contributed by atoms with Gasteiger partial charge in [0, 0.05) is 37.9 Å². The van der Waals surface area contributed by atoms with Crippen molar-refractivity contribution in [1.29, 1.82) is 0 Å². The second-order valence-corrected chi connectivity index (χ2v) is 9.02. The predicted molar refractivity (Wildman–Crippen MR) is 127 cm³/mol. The number of carbonyl (C=O) groups is 1. The highest BCUT2D eigenvalue weighted by atomic mass is 32.2. The largest absolute Gasteiger partial charge is 0.457 e. The van der Waals surface area contributed by atoms with Crippen molar-refractivity contribution < 1.29 is 26.8 Å². The number of furan rings is 1. The number of hydrogen-bond acceptors (Lipinski definition) is 5. The number of aliphatic imine (C=N–C) groups is 1. The smallest absolute Gasteiger partial charge is 0.416 e. The Hall–Kier alpha value is -3.53. The van der Waals surface area contributed by atoms with Crippen LogP contribution in [0.15, 0.2) is 75.0 Å². The topological polar surface area (TPSA) is 49.1 Å². The van der Waals surface area contributed by atoms with Crippen LogP contribution in [0.4, 0.5) is 23.2 Å². The lowest BCUT2D eigenvalue weighted by atomic mass is 10.1. The summed E-state index contributed by atoms with van der Waals surface area (Å²) in [7, 11) is 0. The van der Waals surface area contributed by atoms with E-state index in [0.29, 0.717) is 59.0 Å². The number of rotatable bonds is 3. The Balaban J connectivity index is 1.23. The normalized spacial score (nSPS) is 17.9. The van der Waals surface area contributed by atoms with Gasteiger partial charge in [-0.25, -0.2) is 4.39 Å². The molecule has 3 aromatic rings. The van der Waals surface area contributed by atoms with Crippen molar-refractivity contribution in [3.8, 4) is 11.3 Å². The quantitative estimate of drug-likeness (QED) is 0.331. The van der Waals surface area contributed by atoms with Gasteiger partial charge in [0.05, 0.1) is 16.0 Å². The fourth-order valence-corrected chi connectivity index (χ4v) is 4.88. The standard InChI is InChI=1S/C25H19F4N3O2S/c26-20-7-2-1-6-19(20)21-9-8-18(34-21)15-22-23(33)30-24(35-22)32-12-10-31(11-13-32)17-5-3-4-16(14-17)25(27,28)29/h1-9,14-15H,10-13H2/b22-15-. The first-order chi connectivity index (χ1) is 16.8. The van der Waals surface area contributed by atoms with Gasteiger partial charge in [0.15, 0.2) is 5.17 Å². The highest BCUT2D eigenvalue weighted by Gasteiger charge is 2.32. The molecule has 1 amide bonds. The molecular weight excluding hydrogens is 482 g/mol.